The molecule has 0 saturated heterocycles. The summed E-state index contributed by atoms with van der Waals surface area (Å²) in [6, 6.07) is 0. The van der Waals surface area contributed by atoms with Crippen LogP contribution < -0.4 is 5.32 Å². The van der Waals surface area contributed by atoms with Crippen LogP contribution in [0.4, 0.5) is 0 Å². The van der Waals surface area contributed by atoms with E-state index in [0.29, 0.717) is 5.75 Å². The van der Waals surface area contributed by atoms with Crippen LogP contribution in [0.5, 0.6) is 0 Å². The molecule has 0 radical (unpaired) electrons. The topological polar surface area (TPSA) is 46.2 Å². The lowest BCUT2D eigenvalue weighted by Gasteiger charge is -2.00. The number of carbonyl (C=O) groups excluding carboxylic acids is 2. The van der Waals surface area contributed by atoms with Crippen molar-refractivity contribution in [2.75, 3.05) is 18.1 Å². The van der Waals surface area contributed by atoms with Crippen LogP contribution in [-0.2, 0) is 9.59 Å². The predicted octanol–water partition coefficient (Wildman–Crippen LogP) is 0.445. The molecule has 3 nitrogen and oxygen atoms in total. The largest absolute Gasteiger partial charge is 0.348 e. The van der Waals surface area contributed by atoms with Crippen LogP contribution in [0.1, 0.15) is 13.8 Å². The van der Waals surface area contributed by atoms with Gasteiger partial charge in [0, 0.05) is 0 Å². The van der Waals surface area contributed by atoms with E-state index in [9.17, 15) is 9.59 Å². The summed E-state index contributed by atoms with van der Waals surface area (Å²) in [6.07, 6.45) is 0. The van der Waals surface area contributed by atoms with Gasteiger partial charge in [0.15, 0.2) is 0 Å². The van der Waals surface area contributed by atoms with Gasteiger partial charge in [0.25, 0.3) is 0 Å². The number of nitrogens with one attached hydrogen (secondary N) is 1. The Morgan fingerprint density at radius 3 is 2.55 bits per heavy atom. The van der Waals surface area contributed by atoms with E-state index in [0.717, 1.165) is 5.75 Å². The molecule has 0 aliphatic rings. The fraction of sp³-hybridized carbons (Fsp3) is 0.714. The zero-order valence-corrected chi connectivity index (χ0v) is 7.66. The van der Waals surface area contributed by atoms with Gasteiger partial charge in [-0.05, 0) is 12.7 Å². The van der Waals surface area contributed by atoms with Crippen molar-refractivity contribution in [3.63, 3.8) is 0 Å². The van der Waals surface area contributed by atoms with Crippen LogP contribution in [0.2, 0.25) is 0 Å². The molecule has 11 heavy (non-hydrogen) atoms. The van der Waals surface area contributed by atoms with E-state index < -0.39 is 0 Å². The van der Waals surface area contributed by atoms with Crippen LogP contribution in [0, 0.1) is 0 Å². The highest BCUT2D eigenvalue weighted by atomic mass is 32.2. The Labute approximate surface area is 70.9 Å². The van der Waals surface area contributed by atoms with Crippen LogP contribution in [0.15, 0.2) is 0 Å². The molecule has 0 rings (SSSR count). The minimum absolute atomic E-state index is 0.0140. The van der Waals surface area contributed by atoms with Crippen LogP contribution in [0.3, 0.4) is 0 Å². The van der Waals surface area contributed by atoms with E-state index in [-0.39, 0.29) is 18.2 Å². The molecule has 0 heterocycles. The minimum atomic E-state index is -0.0629. The first-order chi connectivity index (χ1) is 5.16. The van der Waals surface area contributed by atoms with E-state index in [1.165, 1.54) is 6.92 Å². The first-order valence-corrected chi connectivity index (χ1v) is 4.66. The summed E-state index contributed by atoms with van der Waals surface area (Å²) in [5.74, 6) is 1.30. The second-order valence-corrected chi connectivity index (χ2v) is 3.39. The standard InChI is InChI=1S/C7H13NO2S/c1-3-11-5-7(10)8-4-6(2)9/h3-5H2,1-2H3,(H,8,10). The average Bonchev–Trinajstić information content (AvgIpc) is 1.97. The summed E-state index contributed by atoms with van der Waals surface area (Å²) >= 11 is 1.54. The van der Waals surface area contributed by atoms with Gasteiger partial charge in [-0.15, -0.1) is 0 Å². The number of hydrogen-bond acceptors (Lipinski definition) is 3. The number of Topliss-reactive ketones (excluding diaryl/α,β-unsaturated/α-hetero) is 1. The third kappa shape index (κ3) is 7.39. The summed E-state index contributed by atoms with van der Waals surface area (Å²) in [5, 5.41) is 2.51. The van der Waals surface area contributed by atoms with Crippen molar-refractivity contribution >= 4 is 23.5 Å². The summed E-state index contributed by atoms with van der Waals surface area (Å²) in [5.41, 5.74) is 0. The molecule has 1 amide bonds. The number of ketones is 1. The Morgan fingerprint density at radius 2 is 2.09 bits per heavy atom. The molecule has 0 aromatic carbocycles. The monoisotopic (exact) mass is 175 g/mol. The smallest absolute Gasteiger partial charge is 0.230 e. The van der Waals surface area contributed by atoms with Crippen molar-refractivity contribution < 1.29 is 9.59 Å². The molecule has 0 aliphatic heterocycles. The molecule has 64 valence electrons. The molecule has 0 aromatic heterocycles. The minimum Gasteiger partial charge on any atom is -0.348 e. The highest BCUT2D eigenvalue weighted by Crippen LogP contribution is 1.95. The Morgan fingerprint density at radius 1 is 1.45 bits per heavy atom. The fourth-order valence-electron chi connectivity index (χ4n) is 0.469. The van der Waals surface area contributed by atoms with Gasteiger partial charge in [0.1, 0.15) is 5.78 Å². The third-order valence-electron chi connectivity index (χ3n) is 0.972. The quantitative estimate of drug-likeness (QED) is 0.659. The SMILES string of the molecule is CCSCC(=O)NCC(C)=O. The van der Waals surface area contributed by atoms with Crippen LogP contribution >= 0.6 is 11.8 Å². The zero-order chi connectivity index (χ0) is 8.69. The molecule has 0 unspecified atom stereocenters. The number of thioether (sulfide) groups is 1. The van der Waals surface area contributed by atoms with Gasteiger partial charge in [-0.25, -0.2) is 0 Å². The second-order valence-electron chi connectivity index (χ2n) is 2.12. The van der Waals surface area contributed by atoms with Gasteiger partial charge in [-0.1, -0.05) is 6.92 Å². The molecular weight excluding hydrogens is 162 g/mol. The molecule has 0 saturated carbocycles. The maximum Gasteiger partial charge on any atom is 0.230 e. The molecule has 4 heteroatoms. The lowest BCUT2D eigenvalue weighted by Crippen LogP contribution is -2.29. The van der Waals surface area contributed by atoms with Gasteiger partial charge < -0.3 is 5.32 Å². The van der Waals surface area contributed by atoms with Gasteiger partial charge in [-0.3, -0.25) is 9.59 Å². The average molecular weight is 175 g/mol. The van der Waals surface area contributed by atoms with Crippen molar-refractivity contribution in [2.45, 2.75) is 13.8 Å². The lowest BCUT2D eigenvalue weighted by atomic mass is 10.4. The predicted molar refractivity (Wildman–Crippen MR) is 46.7 cm³/mol. The number of amides is 1. The van der Waals surface area contributed by atoms with E-state index in [2.05, 4.69) is 5.32 Å². The van der Waals surface area contributed by atoms with Gasteiger partial charge in [0.05, 0.1) is 12.3 Å². The Bertz CT molecular complexity index is 147. The summed E-state index contributed by atoms with van der Waals surface area (Å²) in [6.45, 7) is 3.60. The zero-order valence-electron chi connectivity index (χ0n) is 6.85. The first-order valence-electron chi connectivity index (χ1n) is 3.50. The van der Waals surface area contributed by atoms with Crippen molar-refractivity contribution in [3.05, 3.63) is 0 Å². The maximum absolute atomic E-state index is 10.8. The third-order valence-corrected chi connectivity index (χ3v) is 1.85. The molecule has 0 bridgehead atoms. The number of carbonyl (C=O) groups is 2. The van der Waals surface area contributed by atoms with E-state index in [1.807, 2.05) is 6.92 Å². The van der Waals surface area contributed by atoms with Gasteiger partial charge >= 0.3 is 0 Å². The molecule has 1 N–H and O–H groups in total. The number of hydrogen-bond donors (Lipinski definition) is 1. The molecule has 0 spiro atoms. The Kier molecular flexibility index (Phi) is 5.93. The summed E-state index contributed by atoms with van der Waals surface area (Å²) < 4.78 is 0. The van der Waals surface area contributed by atoms with Gasteiger partial charge in [-0.2, -0.15) is 11.8 Å². The molecule has 0 aliphatic carbocycles. The first kappa shape index (κ1) is 10.5. The van der Waals surface area contributed by atoms with Gasteiger partial charge in [0.2, 0.25) is 5.91 Å². The maximum atomic E-state index is 10.8. The van der Waals surface area contributed by atoms with Crippen molar-refractivity contribution in [2.24, 2.45) is 0 Å². The van der Waals surface area contributed by atoms with Crippen molar-refractivity contribution in [1.82, 2.24) is 5.32 Å². The summed E-state index contributed by atoms with van der Waals surface area (Å²) in [4.78, 5) is 21.2. The van der Waals surface area contributed by atoms with Crippen LogP contribution in [-0.4, -0.2) is 29.7 Å². The van der Waals surface area contributed by atoms with E-state index in [4.69, 9.17) is 0 Å². The molecular formula is C7H13NO2S. The molecule has 0 atom stereocenters. The summed E-state index contributed by atoms with van der Waals surface area (Å²) in [7, 11) is 0. The Hall–Kier alpha value is -0.510. The fourth-order valence-corrected chi connectivity index (χ4v) is 0.960. The van der Waals surface area contributed by atoms with Crippen molar-refractivity contribution in [1.29, 1.82) is 0 Å². The normalized spacial score (nSPS) is 9.27. The molecule has 0 aromatic rings. The Balaban J connectivity index is 3.30. The second kappa shape index (κ2) is 6.22. The van der Waals surface area contributed by atoms with E-state index in [1.54, 1.807) is 11.8 Å². The van der Waals surface area contributed by atoms with Crippen LogP contribution in [0.25, 0.3) is 0 Å². The highest BCUT2D eigenvalue weighted by molar-refractivity contribution is 7.99. The number of rotatable bonds is 5. The highest BCUT2D eigenvalue weighted by Gasteiger charge is 2.00. The van der Waals surface area contributed by atoms with Crippen molar-refractivity contribution in [3.8, 4) is 0 Å². The lowest BCUT2D eigenvalue weighted by molar-refractivity contribution is -0.122. The van der Waals surface area contributed by atoms with E-state index >= 15 is 0 Å². The molecule has 0 fully saturated rings.